The fourth-order valence-electron chi connectivity index (χ4n) is 3.29. The number of alkyl halides is 2. The maximum Gasteiger partial charge on any atom is 0.387 e. The van der Waals surface area contributed by atoms with Crippen molar-refractivity contribution in [1.29, 1.82) is 5.26 Å². The Balaban J connectivity index is 1.63. The van der Waals surface area contributed by atoms with E-state index < -0.39 is 6.61 Å². The van der Waals surface area contributed by atoms with Gasteiger partial charge in [0.25, 0.3) is 5.91 Å². The first-order valence-corrected chi connectivity index (χ1v) is 9.11. The zero-order valence-electron chi connectivity index (χ0n) is 15.4. The first-order valence-electron chi connectivity index (χ1n) is 9.11. The summed E-state index contributed by atoms with van der Waals surface area (Å²) in [6.45, 7) is 0.353. The summed E-state index contributed by atoms with van der Waals surface area (Å²) < 4.78 is 29.7. The average Bonchev–Trinajstić information content (AvgIpc) is 2.94. The molecular weight excluding hydrogens is 364 g/mol. The maximum atomic E-state index is 12.8. The molecule has 1 aliphatic heterocycles. The number of carbonyl (C=O) groups is 1. The third-order valence-electron chi connectivity index (χ3n) is 4.70. The van der Waals surface area contributed by atoms with Crippen LogP contribution < -0.4 is 4.74 Å². The van der Waals surface area contributed by atoms with Crippen LogP contribution in [0.1, 0.15) is 27.9 Å². The normalized spacial score (nSPS) is 15.1. The average molecular weight is 385 g/mol. The highest BCUT2D eigenvalue weighted by Gasteiger charge is 2.23. The van der Waals surface area contributed by atoms with Gasteiger partial charge in [-0.3, -0.25) is 9.69 Å². The van der Waals surface area contributed by atoms with Crippen molar-refractivity contribution in [3.05, 3.63) is 65.2 Å². The van der Waals surface area contributed by atoms with E-state index in [4.69, 9.17) is 5.26 Å². The summed E-state index contributed by atoms with van der Waals surface area (Å²) in [5.41, 5.74) is 1.89. The zero-order valence-corrected chi connectivity index (χ0v) is 15.4. The quantitative estimate of drug-likeness (QED) is 0.790. The van der Waals surface area contributed by atoms with E-state index >= 15 is 0 Å². The molecule has 5 nitrogen and oxygen atoms in total. The van der Waals surface area contributed by atoms with E-state index in [-0.39, 0.29) is 17.2 Å². The smallest absolute Gasteiger partial charge is 0.387 e. The van der Waals surface area contributed by atoms with Crippen molar-refractivity contribution in [1.82, 2.24) is 9.80 Å². The Labute approximate surface area is 162 Å². The molecule has 0 aliphatic carbocycles. The molecule has 2 aromatic rings. The van der Waals surface area contributed by atoms with Crippen LogP contribution in [0.25, 0.3) is 0 Å². The molecule has 0 aromatic heterocycles. The number of nitrogens with zero attached hydrogens (tertiary/aromatic N) is 3. The Morgan fingerprint density at radius 3 is 2.54 bits per heavy atom. The first kappa shape index (κ1) is 19.8. The van der Waals surface area contributed by atoms with Crippen molar-refractivity contribution in [2.75, 3.05) is 26.2 Å². The summed E-state index contributed by atoms with van der Waals surface area (Å²) >= 11 is 0. The number of rotatable bonds is 5. The standard InChI is InChI=1S/C21H21F2N3O2/c22-21(23)28-19-5-2-1-4-18(19)20(27)26-11-3-10-25(12-13-26)15-17-8-6-16(14-24)7-9-17/h1-2,4-9,21H,3,10-13,15H2. The Kier molecular flexibility index (Phi) is 6.56. The molecule has 0 N–H and O–H groups in total. The molecule has 0 atom stereocenters. The second-order valence-electron chi connectivity index (χ2n) is 6.61. The molecule has 1 heterocycles. The molecule has 0 spiro atoms. The van der Waals surface area contributed by atoms with Crippen molar-refractivity contribution in [2.24, 2.45) is 0 Å². The van der Waals surface area contributed by atoms with Gasteiger partial charge in [0.05, 0.1) is 17.2 Å². The third-order valence-corrected chi connectivity index (χ3v) is 4.70. The van der Waals surface area contributed by atoms with Crippen LogP contribution in [0.3, 0.4) is 0 Å². The first-order chi connectivity index (χ1) is 13.6. The molecule has 146 valence electrons. The van der Waals surface area contributed by atoms with Crippen molar-refractivity contribution >= 4 is 5.91 Å². The van der Waals surface area contributed by atoms with Gasteiger partial charge in [0.1, 0.15) is 5.75 Å². The third kappa shape index (κ3) is 5.05. The zero-order chi connectivity index (χ0) is 19.9. The highest BCUT2D eigenvalue weighted by atomic mass is 19.3. The molecule has 0 saturated carbocycles. The molecule has 2 aromatic carbocycles. The van der Waals surface area contributed by atoms with Crippen molar-refractivity contribution in [2.45, 2.75) is 19.6 Å². The Morgan fingerprint density at radius 2 is 1.82 bits per heavy atom. The molecule has 0 unspecified atom stereocenters. The van der Waals surface area contributed by atoms with Crippen LogP contribution in [0, 0.1) is 11.3 Å². The fourth-order valence-corrected chi connectivity index (χ4v) is 3.29. The largest absolute Gasteiger partial charge is 0.434 e. The minimum atomic E-state index is -2.97. The highest BCUT2D eigenvalue weighted by Crippen LogP contribution is 2.22. The summed E-state index contributed by atoms with van der Waals surface area (Å²) in [5, 5.41) is 8.88. The lowest BCUT2D eigenvalue weighted by Crippen LogP contribution is -2.35. The SMILES string of the molecule is N#Cc1ccc(CN2CCCN(C(=O)c3ccccc3OC(F)F)CC2)cc1. The highest BCUT2D eigenvalue weighted by molar-refractivity contribution is 5.97. The maximum absolute atomic E-state index is 12.8. The minimum Gasteiger partial charge on any atom is -0.434 e. The number of benzene rings is 2. The van der Waals surface area contributed by atoms with Crippen LogP contribution in [0.15, 0.2) is 48.5 Å². The van der Waals surface area contributed by atoms with E-state index in [1.807, 2.05) is 12.1 Å². The van der Waals surface area contributed by atoms with E-state index in [2.05, 4.69) is 15.7 Å². The second kappa shape index (κ2) is 9.29. The Bertz CT molecular complexity index is 849. The predicted octanol–water partition coefficient (Wildman–Crippen LogP) is 3.51. The van der Waals surface area contributed by atoms with E-state index in [0.717, 1.165) is 25.1 Å². The number of nitriles is 1. The molecular formula is C21H21F2N3O2. The molecule has 7 heteroatoms. The molecule has 0 bridgehead atoms. The number of para-hydroxylation sites is 1. The van der Waals surface area contributed by atoms with Gasteiger partial charge < -0.3 is 9.64 Å². The van der Waals surface area contributed by atoms with Crippen molar-refractivity contribution in [3.8, 4) is 11.8 Å². The van der Waals surface area contributed by atoms with Crippen molar-refractivity contribution in [3.63, 3.8) is 0 Å². The van der Waals surface area contributed by atoms with Gasteiger partial charge in [0.15, 0.2) is 0 Å². The number of halogens is 2. The lowest BCUT2D eigenvalue weighted by Gasteiger charge is -2.23. The topological polar surface area (TPSA) is 56.6 Å². The summed E-state index contributed by atoms with van der Waals surface area (Å²) in [6, 6.07) is 15.7. The molecule has 3 rings (SSSR count). The van der Waals surface area contributed by atoms with E-state index in [1.54, 1.807) is 29.2 Å². The summed E-state index contributed by atoms with van der Waals surface area (Å²) in [7, 11) is 0. The molecule has 1 aliphatic rings. The van der Waals surface area contributed by atoms with E-state index in [0.29, 0.717) is 25.2 Å². The monoisotopic (exact) mass is 385 g/mol. The Hall–Kier alpha value is -2.98. The molecule has 1 amide bonds. The number of hydrogen-bond acceptors (Lipinski definition) is 4. The summed E-state index contributed by atoms with van der Waals surface area (Å²) in [5.74, 6) is -0.391. The number of hydrogen-bond donors (Lipinski definition) is 0. The van der Waals surface area contributed by atoms with Gasteiger partial charge in [0, 0.05) is 32.7 Å². The molecule has 1 fully saturated rings. The fraction of sp³-hybridized carbons (Fsp3) is 0.333. The van der Waals surface area contributed by atoms with Gasteiger partial charge in [-0.05, 0) is 36.2 Å². The summed E-state index contributed by atoms with van der Waals surface area (Å²) in [4.78, 5) is 16.8. The van der Waals surface area contributed by atoms with Gasteiger partial charge in [-0.25, -0.2) is 0 Å². The van der Waals surface area contributed by atoms with Gasteiger partial charge in [-0.2, -0.15) is 14.0 Å². The van der Waals surface area contributed by atoms with E-state index in [9.17, 15) is 13.6 Å². The van der Waals surface area contributed by atoms with Gasteiger partial charge in [-0.1, -0.05) is 24.3 Å². The molecule has 28 heavy (non-hydrogen) atoms. The second-order valence-corrected chi connectivity index (χ2v) is 6.61. The molecule has 1 saturated heterocycles. The predicted molar refractivity (Wildman–Crippen MR) is 100 cm³/mol. The van der Waals surface area contributed by atoms with Crippen LogP contribution in [0.2, 0.25) is 0 Å². The lowest BCUT2D eigenvalue weighted by molar-refractivity contribution is -0.0502. The van der Waals surface area contributed by atoms with Crippen LogP contribution in [-0.2, 0) is 6.54 Å². The van der Waals surface area contributed by atoms with Crippen LogP contribution in [-0.4, -0.2) is 48.5 Å². The van der Waals surface area contributed by atoms with Crippen molar-refractivity contribution < 1.29 is 18.3 Å². The van der Waals surface area contributed by atoms with Gasteiger partial charge in [0.2, 0.25) is 0 Å². The minimum absolute atomic E-state index is 0.0961. The number of carbonyl (C=O) groups excluding carboxylic acids is 1. The van der Waals surface area contributed by atoms with Gasteiger partial charge >= 0.3 is 6.61 Å². The van der Waals surface area contributed by atoms with E-state index in [1.165, 1.54) is 12.1 Å². The lowest BCUT2D eigenvalue weighted by atomic mass is 10.1. The van der Waals surface area contributed by atoms with Crippen LogP contribution >= 0.6 is 0 Å². The van der Waals surface area contributed by atoms with Crippen LogP contribution in [0.4, 0.5) is 8.78 Å². The Morgan fingerprint density at radius 1 is 1.07 bits per heavy atom. The number of ether oxygens (including phenoxy) is 1. The number of amides is 1. The van der Waals surface area contributed by atoms with Crippen LogP contribution in [0.5, 0.6) is 5.75 Å². The summed E-state index contributed by atoms with van der Waals surface area (Å²) in [6.07, 6.45) is 0.792. The molecule has 0 radical (unpaired) electrons. The van der Waals surface area contributed by atoms with Gasteiger partial charge in [-0.15, -0.1) is 0 Å².